The zero-order valence-electron chi connectivity index (χ0n) is 11.5. The van der Waals surface area contributed by atoms with Gasteiger partial charge in [-0.05, 0) is 26.0 Å². The first-order valence-corrected chi connectivity index (χ1v) is 6.45. The van der Waals surface area contributed by atoms with Crippen LogP contribution in [0.1, 0.15) is 33.2 Å². The summed E-state index contributed by atoms with van der Waals surface area (Å²) >= 11 is 0. The molecule has 0 aliphatic carbocycles. The summed E-state index contributed by atoms with van der Waals surface area (Å²) in [5.74, 6) is -0.687. The lowest BCUT2D eigenvalue weighted by Gasteiger charge is -2.12. The van der Waals surface area contributed by atoms with E-state index in [2.05, 4.69) is 0 Å². The molecule has 0 aliphatic heterocycles. The standard InChI is InChI=1S/C17H16O3/c1-12-8-10-14(11-9-12)16(18)13(2)20-17(19)15-6-4-3-5-7-15/h3-11,13H,1-2H3. The van der Waals surface area contributed by atoms with Gasteiger partial charge in [0.1, 0.15) is 0 Å². The molecule has 102 valence electrons. The molecule has 20 heavy (non-hydrogen) atoms. The van der Waals surface area contributed by atoms with Crippen LogP contribution in [0.4, 0.5) is 0 Å². The number of Topliss-reactive ketones (excluding diaryl/α,β-unsaturated/α-hetero) is 1. The van der Waals surface area contributed by atoms with Gasteiger partial charge in [-0.25, -0.2) is 4.79 Å². The SMILES string of the molecule is Cc1ccc(C(=O)C(C)OC(=O)c2ccccc2)cc1. The molecule has 0 fully saturated rings. The average Bonchev–Trinajstić information content (AvgIpc) is 2.48. The molecule has 2 aromatic carbocycles. The predicted octanol–water partition coefficient (Wildman–Crippen LogP) is 3.42. The Morgan fingerprint density at radius 3 is 2.10 bits per heavy atom. The summed E-state index contributed by atoms with van der Waals surface area (Å²) in [4.78, 5) is 24.0. The molecule has 0 heterocycles. The van der Waals surface area contributed by atoms with Crippen LogP contribution in [0.2, 0.25) is 0 Å². The zero-order chi connectivity index (χ0) is 14.5. The predicted molar refractivity (Wildman–Crippen MR) is 76.8 cm³/mol. The number of carbonyl (C=O) groups excluding carboxylic acids is 2. The van der Waals surface area contributed by atoms with E-state index in [4.69, 9.17) is 4.74 Å². The van der Waals surface area contributed by atoms with Crippen LogP contribution in [-0.2, 0) is 4.74 Å². The highest BCUT2D eigenvalue weighted by atomic mass is 16.5. The zero-order valence-corrected chi connectivity index (χ0v) is 11.5. The van der Waals surface area contributed by atoms with Gasteiger partial charge in [0, 0.05) is 5.56 Å². The fraction of sp³-hybridized carbons (Fsp3) is 0.176. The van der Waals surface area contributed by atoms with E-state index >= 15 is 0 Å². The highest BCUT2D eigenvalue weighted by Gasteiger charge is 2.20. The lowest BCUT2D eigenvalue weighted by atomic mass is 10.1. The molecule has 0 saturated carbocycles. The van der Waals surface area contributed by atoms with Crippen molar-refractivity contribution in [1.82, 2.24) is 0 Å². The van der Waals surface area contributed by atoms with Crippen LogP contribution < -0.4 is 0 Å². The monoisotopic (exact) mass is 268 g/mol. The second-order valence-corrected chi connectivity index (χ2v) is 4.64. The normalized spacial score (nSPS) is 11.7. The molecule has 0 aliphatic rings. The van der Waals surface area contributed by atoms with E-state index in [1.54, 1.807) is 43.3 Å². The number of esters is 1. The summed E-state index contributed by atoms with van der Waals surface area (Å²) in [6.45, 7) is 3.54. The van der Waals surface area contributed by atoms with Crippen molar-refractivity contribution in [1.29, 1.82) is 0 Å². The summed E-state index contributed by atoms with van der Waals surface area (Å²) in [6.07, 6.45) is -0.801. The highest BCUT2D eigenvalue weighted by molar-refractivity contribution is 6.01. The number of hydrogen-bond donors (Lipinski definition) is 0. The first-order valence-electron chi connectivity index (χ1n) is 6.45. The molecular formula is C17H16O3. The summed E-state index contributed by atoms with van der Waals surface area (Å²) in [7, 11) is 0. The molecule has 3 nitrogen and oxygen atoms in total. The lowest BCUT2D eigenvalue weighted by molar-refractivity contribution is 0.0319. The minimum atomic E-state index is -0.801. The number of rotatable bonds is 4. The summed E-state index contributed by atoms with van der Waals surface area (Å²) < 4.78 is 5.19. The smallest absolute Gasteiger partial charge is 0.338 e. The van der Waals surface area contributed by atoms with Gasteiger partial charge in [-0.3, -0.25) is 4.79 Å². The molecule has 2 rings (SSSR count). The van der Waals surface area contributed by atoms with Crippen LogP contribution in [-0.4, -0.2) is 17.9 Å². The maximum absolute atomic E-state index is 12.1. The van der Waals surface area contributed by atoms with Crippen molar-refractivity contribution in [2.75, 3.05) is 0 Å². The number of carbonyl (C=O) groups is 2. The maximum atomic E-state index is 12.1. The number of benzene rings is 2. The van der Waals surface area contributed by atoms with E-state index < -0.39 is 12.1 Å². The van der Waals surface area contributed by atoms with Crippen molar-refractivity contribution in [3.05, 3.63) is 71.3 Å². The molecule has 0 radical (unpaired) electrons. The Kier molecular flexibility index (Phi) is 4.31. The van der Waals surface area contributed by atoms with Crippen molar-refractivity contribution in [3.8, 4) is 0 Å². The van der Waals surface area contributed by atoms with Gasteiger partial charge in [-0.1, -0.05) is 48.0 Å². The average molecular weight is 268 g/mol. The van der Waals surface area contributed by atoms with Crippen molar-refractivity contribution in [2.24, 2.45) is 0 Å². The number of ketones is 1. The first kappa shape index (κ1) is 14.0. The second kappa shape index (κ2) is 6.15. The largest absolute Gasteiger partial charge is 0.451 e. The van der Waals surface area contributed by atoms with Gasteiger partial charge < -0.3 is 4.74 Å². The molecule has 1 unspecified atom stereocenters. The maximum Gasteiger partial charge on any atom is 0.338 e. The summed E-state index contributed by atoms with van der Waals surface area (Å²) in [5, 5.41) is 0. The van der Waals surface area contributed by atoms with E-state index in [9.17, 15) is 9.59 Å². The van der Waals surface area contributed by atoms with Gasteiger partial charge in [0.05, 0.1) is 5.56 Å². The molecule has 0 aromatic heterocycles. The minimum Gasteiger partial charge on any atom is -0.451 e. The van der Waals surface area contributed by atoms with Crippen LogP contribution in [0.25, 0.3) is 0 Å². The van der Waals surface area contributed by atoms with Crippen molar-refractivity contribution in [2.45, 2.75) is 20.0 Å². The quantitative estimate of drug-likeness (QED) is 0.630. The molecule has 0 amide bonds. The molecule has 3 heteroatoms. The van der Waals surface area contributed by atoms with Crippen LogP contribution in [0.3, 0.4) is 0 Å². The Hall–Kier alpha value is -2.42. The van der Waals surface area contributed by atoms with Gasteiger partial charge >= 0.3 is 5.97 Å². The van der Waals surface area contributed by atoms with Gasteiger partial charge in [0.15, 0.2) is 6.10 Å². The van der Waals surface area contributed by atoms with Gasteiger partial charge in [0.25, 0.3) is 0 Å². The highest BCUT2D eigenvalue weighted by Crippen LogP contribution is 2.10. The minimum absolute atomic E-state index is 0.200. The number of aryl methyl sites for hydroxylation is 1. The topological polar surface area (TPSA) is 43.4 Å². The molecule has 1 atom stereocenters. The Bertz CT molecular complexity index is 600. The fourth-order valence-electron chi connectivity index (χ4n) is 1.81. The van der Waals surface area contributed by atoms with Crippen LogP contribution in [0.5, 0.6) is 0 Å². The van der Waals surface area contributed by atoms with Crippen LogP contribution >= 0.6 is 0 Å². The Balaban J connectivity index is 2.05. The number of hydrogen-bond acceptors (Lipinski definition) is 3. The van der Waals surface area contributed by atoms with E-state index in [1.807, 2.05) is 25.1 Å². The fourth-order valence-corrected chi connectivity index (χ4v) is 1.81. The third-order valence-corrected chi connectivity index (χ3v) is 3.00. The molecule has 0 spiro atoms. The molecule has 0 saturated heterocycles. The Labute approximate surface area is 118 Å². The first-order chi connectivity index (χ1) is 9.58. The van der Waals surface area contributed by atoms with E-state index in [-0.39, 0.29) is 5.78 Å². The Morgan fingerprint density at radius 1 is 0.900 bits per heavy atom. The summed E-state index contributed by atoms with van der Waals surface area (Å²) in [5.41, 5.74) is 2.07. The molecule has 2 aromatic rings. The van der Waals surface area contributed by atoms with Crippen molar-refractivity contribution in [3.63, 3.8) is 0 Å². The third kappa shape index (κ3) is 3.32. The molecule has 0 N–H and O–H groups in total. The van der Waals surface area contributed by atoms with Gasteiger partial charge in [-0.2, -0.15) is 0 Å². The van der Waals surface area contributed by atoms with Crippen molar-refractivity contribution >= 4 is 11.8 Å². The molecular weight excluding hydrogens is 252 g/mol. The summed E-state index contributed by atoms with van der Waals surface area (Å²) in [6, 6.07) is 15.8. The van der Waals surface area contributed by atoms with E-state index in [1.165, 1.54) is 0 Å². The number of ether oxygens (including phenoxy) is 1. The van der Waals surface area contributed by atoms with Crippen molar-refractivity contribution < 1.29 is 14.3 Å². The van der Waals surface area contributed by atoms with Gasteiger partial charge in [0.2, 0.25) is 5.78 Å². The third-order valence-electron chi connectivity index (χ3n) is 3.00. The van der Waals surface area contributed by atoms with E-state index in [0.717, 1.165) is 5.56 Å². The van der Waals surface area contributed by atoms with Crippen LogP contribution in [0, 0.1) is 6.92 Å². The van der Waals surface area contributed by atoms with Crippen LogP contribution in [0.15, 0.2) is 54.6 Å². The second-order valence-electron chi connectivity index (χ2n) is 4.64. The van der Waals surface area contributed by atoms with E-state index in [0.29, 0.717) is 11.1 Å². The van der Waals surface area contributed by atoms with Gasteiger partial charge in [-0.15, -0.1) is 0 Å². The lowest BCUT2D eigenvalue weighted by Crippen LogP contribution is -2.24. The molecule has 0 bridgehead atoms. The Morgan fingerprint density at radius 2 is 1.50 bits per heavy atom.